The van der Waals surface area contributed by atoms with Gasteiger partial charge in [0, 0.05) is 45.0 Å². The molecule has 0 aromatic carbocycles. The molecule has 1 aliphatic heterocycles. The van der Waals surface area contributed by atoms with Gasteiger partial charge >= 0.3 is 0 Å². The SMILES string of the molecule is COCCC(=O)NC1CCN(C(=O)CCCCl)CC1. The number of alkyl halides is 1. The van der Waals surface area contributed by atoms with E-state index in [2.05, 4.69) is 5.32 Å². The fraction of sp³-hybridized carbons (Fsp3) is 0.846. The standard InChI is InChI=1S/C13H23ClN2O3/c1-19-10-6-12(17)15-11-4-8-16(9-5-11)13(18)3-2-7-14/h11H,2-10H2,1H3,(H,15,17). The first-order valence-corrected chi connectivity index (χ1v) is 7.33. The third-order valence-corrected chi connectivity index (χ3v) is 3.54. The molecule has 0 radical (unpaired) electrons. The molecule has 0 spiro atoms. The first-order chi connectivity index (χ1) is 9.17. The van der Waals surface area contributed by atoms with E-state index in [9.17, 15) is 9.59 Å². The molecule has 0 atom stereocenters. The van der Waals surface area contributed by atoms with Crippen molar-refractivity contribution in [3.8, 4) is 0 Å². The Balaban J connectivity index is 2.21. The van der Waals surface area contributed by atoms with Crippen LogP contribution in [0.3, 0.4) is 0 Å². The van der Waals surface area contributed by atoms with Crippen LogP contribution in [0.2, 0.25) is 0 Å². The second-order valence-electron chi connectivity index (χ2n) is 4.76. The largest absolute Gasteiger partial charge is 0.384 e. The number of nitrogens with zero attached hydrogens (tertiary/aromatic N) is 1. The van der Waals surface area contributed by atoms with Gasteiger partial charge in [-0.25, -0.2) is 0 Å². The van der Waals surface area contributed by atoms with Crippen LogP contribution in [0.5, 0.6) is 0 Å². The monoisotopic (exact) mass is 290 g/mol. The number of rotatable bonds is 7. The number of methoxy groups -OCH3 is 1. The Morgan fingerprint density at radius 3 is 2.58 bits per heavy atom. The highest BCUT2D eigenvalue weighted by Gasteiger charge is 2.23. The molecular weight excluding hydrogens is 268 g/mol. The summed E-state index contributed by atoms with van der Waals surface area (Å²) in [4.78, 5) is 25.2. The molecule has 1 heterocycles. The van der Waals surface area contributed by atoms with Gasteiger partial charge in [-0.05, 0) is 19.3 Å². The lowest BCUT2D eigenvalue weighted by molar-refractivity contribution is -0.132. The number of carbonyl (C=O) groups is 2. The van der Waals surface area contributed by atoms with Crippen molar-refractivity contribution in [2.45, 2.75) is 38.1 Å². The minimum atomic E-state index is 0.0220. The van der Waals surface area contributed by atoms with Gasteiger partial charge in [0.25, 0.3) is 0 Å². The zero-order valence-corrected chi connectivity index (χ0v) is 12.2. The Morgan fingerprint density at radius 2 is 2.00 bits per heavy atom. The Bertz CT molecular complexity index is 292. The molecule has 1 rings (SSSR count). The van der Waals surface area contributed by atoms with Crippen LogP contribution in [-0.4, -0.2) is 55.4 Å². The molecule has 1 aliphatic rings. The molecule has 0 saturated carbocycles. The minimum Gasteiger partial charge on any atom is -0.384 e. The lowest BCUT2D eigenvalue weighted by Crippen LogP contribution is -2.46. The molecule has 0 aliphatic carbocycles. The van der Waals surface area contributed by atoms with E-state index >= 15 is 0 Å². The Hall–Kier alpha value is -0.810. The Kier molecular flexibility index (Phi) is 7.82. The number of ether oxygens (including phenoxy) is 1. The molecule has 1 N–H and O–H groups in total. The first kappa shape index (κ1) is 16.2. The van der Waals surface area contributed by atoms with Gasteiger partial charge in [0.15, 0.2) is 0 Å². The summed E-state index contributed by atoms with van der Waals surface area (Å²) >= 11 is 5.58. The molecule has 2 amide bonds. The topological polar surface area (TPSA) is 58.6 Å². The van der Waals surface area contributed by atoms with Crippen molar-refractivity contribution in [1.82, 2.24) is 10.2 Å². The highest BCUT2D eigenvalue weighted by atomic mass is 35.5. The summed E-state index contributed by atoms with van der Waals surface area (Å²) in [6.45, 7) is 1.88. The number of halogens is 1. The average Bonchev–Trinajstić information content (AvgIpc) is 2.43. The number of likely N-dealkylation sites (tertiary alicyclic amines) is 1. The zero-order chi connectivity index (χ0) is 14.1. The van der Waals surface area contributed by atoms with Crippen molar-refractivity contribution < 1.29 is 14.3 Å². The number of carbonyl (C=O) groups excluding carboxylic acids is 2. The minimum absolute atomic E-state index is 0.0220. The highest BCUT2D eigenvalue weighted by molar-refractivity contribution is 6.17. The van der Waals surface area contributed by atoms with E-state index < -0.39 is 0 Å². The quantitative estimate of drug-likeness (QED) is 0.716. The van der Waals surface area contributed by atoms with Crippen LogP contribution >= 0.6 is 11.6 Å². The fourth-order valence-corrected chi connectivity index (χ4v) is 2.28. The Morgan fingerprint density at radius 1 is 1.32 bits per heavy atom. The van der Waals surface area contributed by atoms with Gasteiger partial charge in [0.1, 0.15) is 0 Å². The summed E-state index contributed by atoms with van der Waals surface area (Å²) in [6, 6.07) is 0.182. The zero-order valence-electron chi connectivity index (χ0n) is 11.5. The maximum absolute atomic E-state index is 11.8. The number of hydrogen-bond donors (Lipinski definition) is 1. The van der Waals surface area contributed by atoms with E-state index in [-0.39, 0.29) is 17.9 Å². The van der Waals surface area contributed by atoms with E-state index in [0.29, 0.717) is 25.3 Å². The first-order valence-electron chi connectivity index (χ1n) is 6.79. The van der Waals surface area contributed by atoms with Crippen LogP contribution in [0.1, 0.15) is 32.1 Å². The molecule has 6 heteroatoms. The van der Waals surface area contributed by atoms with E-state index in [0.717, 1.165) is 32.4 Å². The normalized spacial score (nSPS) is 16.4. The van der Waals surface area contributed by atoms with Crippen LogP contribution in [0.15, 0.2) is 0 Å². The van der Waals surface area contributed by atoms with Crippen molar-refractivity contribution >= 4 is 23.4 Å². The summed E-state index contributed by atoms with van der Waals surface area (Å²) in [6.07, 6.45) is 3.30. The summed E-state index contributed by atoms with van der Waals surface area (Å²) < 4.78 is 4.86. The van der Waals surface area contributed by atoms with E-state index in [1.807, 2.05) is 4.90 Å². The van der Waals surface area contributed by atoms with Crippen LogP contribution in [0.4, 0.5) is 0 Å². The second kappa shape index (κ2) is 9.15. The third-order valence-electron chi connectivity index (χ3n) is 3.27. The van der Waals surface area contributed by atoms with Gasteiger partial charge < -0.3 is 15.0 Å². The smallest absolute Gasteiger partial charge is 0.222 e. The highest BCUT2D eigenvalue weighted by Crippen LogP contribution is 2.12. The molecular formula is C13H23ClN2O3. The van der Waals surface area contributed by atoms with Crippen LogP contribution in [0.25, 0.3) is 0 Å². The average molecular weight is 291 g/mol. The van der Waals surface area contributed by atoms with Crippen molar-refractivity contribution in [3.05, 3.63) is 0 Å². The number of nitrogens with one attached hydrogen (secondary N) is 1. The van der Waals surface area contributed by atoms with Gasteiger partial charge in [-0.1, -0.05) is 0 Å². The molecule has 0 bridgehead atoms. The molecule has 110 valence electrons. The predicted octanol–water partition coefficient (Wildman–Crippen LogP) is 1.15. The molecule has 0 unspecified atom stereocenters. The van der Waals surface area contributed by atoms with Gasteiger partial charge in [-0.2, -0.15) is 0 Å². The Labute approximate surface area is 119 Å². The summed E-state index contributed by atoms with van der Waals surface area (Å²) in [5, 5.41) is 2.98. The van der Waals surface area contributed by atoms with Crippen LogP contribution < -0.4 is 5.32 Å². The van der Waals surface area contributed by atoms with Crippen LogP contribution in [0, 0.1) is 0 Å². The summed E-state index contributed by atoms with van der Waals surface area (Å²) in [7, 11) is 1.58. The molecule has 0 aromatic rings. The van der Waals surface area contributed by atoms with Gasteiger partial charge in [0.2, 0.25) is 11.8 Å². The number of hydrogen-bond acceptors (Lipinski definition) is 3. The molecule has 1 saturated heterocycles. The van der Waals surface area contributed by atoms with Crippen LogP contribution in [-0.2, 0) is 14.3 Å². The number of amides is 2. The predicted molar refractivity (Wildman–Crippen MR) is 74.2 cm³/mol. The molecule has 5 nitrogen and oxygen atoms in total. The van der Waals surface area contributed by atoms with E-state index in [1.54, 1.807) is 7.11 Å². The molecule has 19 heavy (non-hydrogen) atoms. The fourth-order valence-electron chi connectivity index (χ4n) is 2.14. The maximum atomic E-state index is 11.8. The van der Waals surface area contributed by atoms with E-state index in [1.165, 1.54) is 0 Å². The second-order valence-corrected chi connectivity index (χ2v) is 5.14. The van der Waals surface area contributed by atoms with Crippen molar-refractivity contribution in [3.63, 3.8) is 0 Å². The van der Waals surface area contributed by atoms with Crippen molar-refractivity contribution in [1.29, 1.82) is 0 Å². The molecule has 1 fully saturated rings. The lowest BCUT2D eigenvalue weighted by atomic mass is 10.0. The summed E-state index contributed by atoms with van der Waals surface area (Å²) in [5.41, 5.74) is 0. The van der Waals surface area contributed by atoms with Gasteiger partial charge in [-0.15, -0.1) is 11.6 Å². The maximum Gasteiger partial charge on any atom is 0.222 e. The lowest BCUT2D eigenvalue weighted by Gasteiger charge is -2.32. The van der Waals surface area contributed by atoms with Gasteiger partial charge in [-0.3, -0.25) is 9.59 Å². The van der Waals surface area contributed by atoms with E-state index in [4.69, 9.17) is 16.3 Å². The number of piperidine rings is 1. The third kappa shape index (κ3) is 6.25. The van der Waals surface area contributed by atoms with Crippen molar-refractivity contribution in [2.75, 3.05) is 32.7 Å². The van der Waals surface area contributed by atoms with Crippen molar-refractivity contribution in [2.24, 2.45) is 0 Å². The molecule has 0 aromatic heterocycles. The summed E-state index contributed by atoms with van der Waals surface area (Å²) in [5.74, 6) is 0.719. The van der Waals surface area contributed by atoms with Gasteiger partial charge in [0.05, 0.1) is 6.61 Å².